The van der Waals surface area contributed by atoms with Crippen molar-refractivity contribution in [1.82, 2.24) is 9.97 Å². The fourth-order valence-corrected chi connectivity index (χ4v) is 3.47. The van der Waals surface area contributed by atoms with Gasteiger partial charge in [-0.3, -0.25) is 4.79 Å². The summed E-state index contributed by atoms with van der Waals surface area (Å²) in [5.41, 5.74) is 9.14. The van der Waals surface area contributed by atoms with Crippen molar-refractivity contribution < 1.29 is 9.53 Å². The number of nitrogens with zero attached hydrogens (tertiary/aromatic N) is 2. The summed E-state index contributed by atoms with van der Waals surface area (Å²) in [5, 5.41) is 0.490. The number of hydrogen-bond donors (Lipinski definition) is 1. The van der Waals surface area contributed by atoms with E-state index in [1.165, 1.54) is 44.7 Å². The lowest BCUT2D eigenvalue weighted by Crippen LogP contribution is -2.17. The molecule has 0 unspecified atom stereocenters. The highest BCUT2D eigenvalue weighted by molar-refractivity contribution is 7.97. The first-order valence-corrected chi connectivity index (χ1v) is 15.2. The second-order valence-electron chi connectivity index (χ2n) is 9.23. The van der Waals surface area contributed by atoms with E-state index in [-0.39, 0.29) is 11.5 Å². The van der Waals surface area contributed by atoms with Crippen molar-refractivity contribution in [1.29, 1.82) is 0 Å². The number of carbonyl (C=O) groups excluding carboxylic acids is 1. The van der Waals surface area contributed by atoms with Crippen molar-refractivity contribution in [3.8, 4) is 22.4 Å². The minimum absolute atomic E-state index is 0.217. The van der Waals surface area contributed by atoms with E-state index in [2.05, 4.69) is 32.9 Å². The highest BCUT2D eigenvalue weighted by atomic mass is 35.5. The van der Waals surface area contributed by atoms with Crippen molar-refractivity contribution in [2.24, 2.45) is 0 Å². The van der Waals surface area contributed by atoms with Gasteiger partial charge in [-0.05, 0) is 50.5 Å². The summed E-state index contributed by atoms with van der Waals surface area (Å²) in [5.74, 6) is 0.217. The van der Waals surface area contributed by atoms with Crippen molar-refractivity contribution in [2.75, 3.05) is 18.2 Å². The lowest BCUT2D eigenvalue weighted by molar-refractivity contribution is -0.138. The molecule has 2 aromatic carbocycles. The van der Waals surface area contributed by atoms with E-state index < -0.39 is 0 Å². The fourth-order valence-electron chi connectivity index (χ4n) is 3.26. The predicted molar refractivity (Wildman–Crippen MR) is 168 cm³/mol. The number of hydrogen-bond acceptors (Lipinski definition) is 6. The molecule has 5 nitrogen and oxygen atoms in total. The Morgan fingerprint density at radius 3 is 1.79 bits per heavy atom. The van der Waals surface area contributed by atoms with E-state index in [4.69, 9.17) is 17.3 Å². The Hall–Kier alpha value is -2.57. The molecular weight excluding hydrogens is 514 g/mol. The molecule has 38 heavy (non-hydrogen) atoms. The Balaban J connectivity index is 0.000000625. The summed E-state index contributed by atoms with van der Waals surface area (Å²) in [4.78, 5) is 17.7. The molecule has 1 aliphatic carbocycles. The molecular formula is C31H46ClN3O2S. The molecule has 0 saturated heterocycles. The van der Waals surface area contributed by atoms with Crippen LogP contribution in [-0.4, -0.2) is 34.6 Å². The number of nitrogens with two attached hydrogens (primary N) is 1. The van der Waals surface area contributed by atoms with Gasteiger partial charge in [0, 0.05) is 5.56 Å². The maximum Gasteiger partial charge on any atom is 0.293 e. The maximum atomic E-state index is 9.60. The Morgan fingerprint density at radius 2 is 1.34 bits per heavy atom. The van der Waals surface area contributed by atoms with Gasteiger partial charge in [0.05, 0.1) is 16.9 Å². The van der Waals surface area contributed by atoms with E-state index >= 15 is 0 Å². The standard InChI is InChI=1S/C16H12ClN3.C6H12.C5H10O2.C2H6S.C2H6/c17-14-10-19-16(18)20-15(14)13-8-4-7-12(9-13)11-5-2-1-3-6-11;1-2-4-6-5-3-1;1-5(2,3)7-4-6;1-3-2;1-2/h1-10H,(H2,18,19,20);1-6H2;4H,1-3H3;1-2H3;1-2H3. The van der Waals surface area contributed by atoms with Crippen LogP contribution in [0.25, 0.3) is 22.4 Å². The number of aromatic nitrogens is 2. The smallest absolute Gasteiger partial charge is 0.293 e. The molecule has 1 saturated carbocycles. The minimum Gasteiger partial charge on any atom is -0.462 e. The summed E-state index contributed by atoms with van der Waals surface area (Å²) in [6.45, 7) is 9.92. The molecule has 0 radical (unpaired) electrons. The highest BCUT2D eigenvalue weighted by Gasteiger charge is 2.08. The van der Waals surface area contributed by atoms with Gasteiger partial charge in [0.2, 0.25) is 5.95 Å². The summed E-state index contributed by atoms with van der Waals surface area (Å²) in [6, 6.07) is 18.2. The minimum atomic E-state index is -0.318. The average molecular weight is 560 g/mol. The Labute approximate surface area is 240 Å². The number of benzene rings is 2. The van der Waals surface area contributed by atoms with Gasteiger partial charge in [0.15, 0.2) is 0 Å². The zero-order valence-corrected chi connectivity index (χ0v) is 25.7. The quantitative estimate of drug-likeness (QED) is 0.322. The number of ether oxygens (including phenoxy) is 1. The molecule has 210 valence electrons. The van der Waals surface area contributed by atoms with Gasteiger partial charge in [-0.1, -0.05) is 113 Å². The number of rotatable bonds is 3. The summed E-state index contributed by atoms with van der Waals surface area (Å²) < 4.78 is 4.55. The first kappa shape index (κ1) is 35.4. The van der Waals surface area contributed by atoms with E-state index in [1.807, 2.05) is 83.5 Å². The van der Waals surface area contributed by atoms with Crippen LogP contribution in [-0.2, 0) is 9.53 Å². The molecule has 0 amide bonds. The van der Waals surface area contributed by atoms with Gasteiger partial charge in [-0.25, -0.2) is 9.97 Å². The third kappa shape index (κ3) is 16.3. The first-order valence-electron chi connectivity index (χ1n) is 13.2. The van der Waals surface area contributed by atoms with E-state index in [9.17, 15) is 4.79 Å². The maximum absolute atomic E-state index is 9.60. The van der Waals surface area contributed by atoms with Crippen LogP contribution >= 0.6 is 23.4 Å². The molecule has 3 aromatic rings. The number of carbonyl (C=O) groups is 1. The van der Waals surface area contributed by atoms with Crippen molar-refractivity contribution >= 4 is 35.8 Å². The van der Waals surface area contributed by atoms with E-state index in [1.54, 1.807) is 11.8 Å². The second-order valence-corrected chi connectivity index (χ2v) is 10.5. The Morgan fingerprint density at radius 1 is 0.868 bits per heavy atom. The molecule has 1 heterocycles. The van der Waals surface area contributed by atoms with Crippen LogP contribution in [0.2, 0.25) is 5.02 Å². The molecule has 2 N–H and O–H groups in total. The van der Waals surface area contributed by atoms with Gasteiger partial charge in [0.1, 0.15) is 5.60 Å². The Kier molecular flexibility index (Phi) is 19.9. The molecule has 4 rings (SSSR count). The number of halogens is 1. The SMILES string of the molecule is C1CCCCC1.CC.CC(C)(C)OC=O.CSC.Nc1ncc(Cl)c(-c2cccc(-c3ccccc3)c2)n1. The van der Waals surface area contributed by atoms with Crippen LogP contribution in [0.5, 0.6) is 0 Å². The van der Waals surface area contributed by atoms with E-state index in [0.717, 1.165) is 16.7 Å². The predicted octanol–water partition coefficient (Wildman–Crippen LogP) is 9.35. The topological polar surface area (TPSA) is 78.1 Å². The molecule has 0 spiro atoms. The zero-order chi connectivity index (χ0) is 28.8. The summed E-state index contributed by atoms with van der Waals surface area (Å²) in [6.07, 6.45) is 14.6. The van der Waals surface area contributed by atoms with Crippen LogP contribution in [0.4, 0.5) is 5.95 Å². The molecule has 7 heteroatoms. The van der Waals surface area contributed by atoms with Crippen LogP contribution in [0.15, 0.2) is 60.8 Å². The highest BCUT2D eigenvalue weighted by Crippen LogP contribution is 2.29. The Bertz CT molecular complexity index is 996. The van der Waals surface area contributed by atoms with Gasteiger partial charge in [-0.15, -0.1) is 0 Å². The third-order valence-electron chi connectivity index (χ3n) is 4.91. The van der Waals surface area contributed by atoms with Crippen LogP contribution in [0.1, 0.15) is 73.1 Å². The first-order chi connectivity index (χ1) is 18.2. The summed E-state index contributed by atoms with van der Waals surface area (Å²) >= 11 is 7.90. The largest absolute Gasteiger partial charge is 0.462 e. The number of thioether (sulfide) groups is 1. The van der Waals surface area contributed by atoms with Crippen molar-refractivity contribution in [3.63, 3.8) is 0 Å². The number of anilines is 1. The lowest BCUT2D eigenvalue weighted by Gasteiger charge is -2.14. The monoisotopic (exact) mass is 559 g/mol. The van der Waals surface area contributed by atoms with Gasteiger partial charge >= 0.3 is 0 Å². The molecule has 1 fully saturated rings. The van der Waals surface area contributed by atoms with Crippen LogP contribution in [0.3, 0.4) is 0 Å². The third-order valence-corrected chi connectivity index (χ3v) is 5.18. The van der Waals surface area contributed by atoms with Crippen molar-refractivity contribution in [3.05, 3.63) is 65.8 Å². The van der Waals surface area contributed by atoms with Gasteiger partial charge in [-0.2, -0.15) is 11.8 Å². The van der Waals surface area contributed by atoms with Crippen LogP contribution < -0.4 is 5.73 Å². The molecule has 0 atom stereocenters. The normalized spacial score (nSPS) is 11.9. The average Bonchev–Trinajstić information content (AvgIpc) is 2.93. The van der Waals surface area contributed by atoms with Gasteiger partial charge in [0.25, 0.3) is 6.47 Å². The van der Waals surface area contributed by atoms with Gasteiger partial charge < -0.3 is 10.5 Å². The fraction of sp³-hybridized carbons (Fsp3) is 0.452. The molecule has 0 bridgehead atoms. The summed E-state index contributed by atoms with van der Waals surface area (Å²) in [7, 11) is 0. The zero-order valence-electron chi connectivity index (χ0n) is 24.2. The number of nitrogen functional groups attached to an aromatic ring is 1. The second kappa shape index (κ2) is 21.4. The van der Waals surface area contributed by atoms with Crippen LogP contribution in [0, 0.1) is 0 Å². The molecule has 1 aliphatic rings. The van der Waals surface area contributed by atoms with Crippen molar-refractivity contribution in [2.45, 2.75) is 78.7 Å². The molecule has 0 aliphatic heterocycles. The molecule has 1 aromatic heterocycles. The lowest BCUT2D eigenvalue weighted by atomic mass is 10.0. The van der Waals surface area contributed by atoms with E-state index in [0.29, 0.717) is 17.2 Å².